The minimum Gasteiger partial charge on any atom is -0.384 e. The summed E-state index contributed by atoms with van der Waals surface area (Å²) >= 11 is 1.32. The van der Waals surface area contributed by atoms with Crippen molar-refractivity contribution in [2.24, 2.45) is 0 Å². The van der Waals surface area contributed by atoms with Gasteiger partial charge in [-0.2, -0.15) is 0 Å². The van der Waals surface area contributed by atoms with Crippen LogP contribution in [0, 0.1) is 6.92 Å². The zero-order valence-electron chi connectivity index (χ0n) is 10.5. The molecule has 2 aromatic rings. The third-order valence-electron chi connectivity index (χ3n) is 2.51. The number of nitrogens with two attached hydrogens (primary N) is 1. The van der Waals surface area contributed by atoms with E-state index < -0.39 is 10.0 Å². The monoisotopic (exact) mass is 298 g/mol. The number of aromatic nitrogens is 2. The van der Waals surface area contributed by atoms with Gasteiger partial charge in [-0.05, 0) is 19.4 Å². The van der Waals surface area contributed by atoms with Crippen molar-refractivity contribution in [3.63, 3.8) is 0 Å². The summed E-state index contributed by atoms with van der Waals surface area (Å²) in [7, 11) is -3.67. The Bertz CT molecular complexity index is 694. The van der Waals surface area contributed by atoms with Gasteiger partial charge in [0.25, 0.3) is 10.0 Å². The lowest BCUT2D eigenvalue weighted by Crippen LogP contribution is -2.13. The van der Waals surface area contributed by atoms with Gasteiger partial charge in [-0.15, -0.1) is 11.3 Å². The van der Waals surface area contributed by atoms with Crippen molar-refractivity contribution in [2.75, 3.05) is 10.5 Å². The number of rotatable bonds is 4. The predicted molar refractivity (Wildman–Crippen MR) is 75.7 cm³/mol. The number of thiazole rings is 1. The van der Waals surface area contributed by atoms with E-state index >= 15 is 0 Å². The Kier molecular flexibility index (Phi) is 3.72. The molecular weight excluding hydrogens is 284 g/mol. The Hall–Kier alpha value is -1.67. The van der Waals surface area contributed by atoms with Crippen molar-refractivity contribution in [3.05, 3.63) is 28.9 Å². The lowest BCUT2D eigenvalue weighted by atomic mass is 10.3. The molecule has 3 N–H and O–H groups in total. The summed E-state index contributed by atoms with van der Waals surface area (Å²) in [6.07, 6.45) is 2.13. The normalized spacial score (nSPS) is 11.5. The second-order valence-electron chi connectivity index (χ2n) is 3.90. The maximum Gasteiger partial charge on any atom is 0.263 e. The number of nitrogen functional groups attached to an aromatic ring is 1. The number of hydrogen-bond donors (Lipinski definition) is 2. The first-order valence-electron chi connectivity index (χ1n) is 5.63. The van der Waals surface area contributed by atoms with Crippen LogP contribution < -0.4 is 10.5 Å². The number of anilines is 2. The van der Waals surface area contributed by atoms with Crippen molar-refractivity contribution >= 4 is 32.3 Å². The Morgan fingerprint density at radius 1 is 1.47 bits per heavy atom. The Morgan fingerprint density at radius 3 is 2.79 bits per heavy atom. The summed E-state index contributed by atoms with van der Waals surface area (Å²) in [5, 5.41) is 0.365. The molecule has 19 heavy (non-hydrogen) atoms. The Balaban J connectivity index is 2.31. The topological polar surface area (TPSA) is 98.0 Å². The summed E-state index contributed by atoms with van der Waals surface area (Å²) in [4.78, 5) is 9.09. The van der Waals surface area contributed by atoms with Gasteiger partial charge in [0.1, 0.15) is 5.82 Å². The van der Waals surface area contributed by atoms with Gasteiger partial charge in [0.2, 0.25) is 0 Å². The van der Waals surface area contributed by atoms with Crippen molar-refractivity contribution < 1.29 is 8.42 Å². The number of nitrogens with one attached hydrogen (secondary N) is 1. The zero-order valence-corrected chi connectivity index (χ0v) is 12.2. The van der Waals surface area contributed by atoms with Crippen molar-refractivity contribution in [1.29, 1.82) is 0 Å². The molecule has 0 aromatic carbocycles. The van der Waals surface area contributed by atoms with Gasteiger partial charge in [-0.25, -0.2) is 18.4 Å². The second kappa shape index (κ2) is 5.14. The van der Waals surface area contributed by atoms with E-state index in [0.717, 1.165) is 17.0 Å². The van der Waals surface area contributed by atoms with Crippen LogP contribution in [0.5, 0.6) is 0 Å². The van der Waals surface area contributed by atoms with Crippen LogP contribution in [0.3, 0.4) is 0 Å². The van der Waals surface area contributed by atoms with Gasteiger partial charge < -0.3 is 5.73 Å². The van der Waals surface area contributed by atoms with Crippen LogP contribution in [-0.4, -0.2) is 18.4 Å². The van der Waals surface area contributed by atoms with Gasteiger partial charge in [-0.3, -0.25) is 4.72 Å². The molecule has 102 valence electrons. The lowest BCUT2D eigenvalue weighted by molar-refractivity contribution is 0.601. The predicted octanol–water partition coefficient (Wildman–Crippen LogP) is 1.79. The SMILES string of the molecule is CCc1nc(NS(=O)(=O)c2ccnc(N)c2)sc1C. The molecule has 0 aliphatic carbocycles. The first kappa shape index (κ1) is 13.8. The first-order valence-corrected chi connectivity index (χ1v) is 7.93. The number of aryl methyl sites for hydroxylation is 2. The summed E-state index contributed by atoms with van der Waals surface area (Å²) in [5.74, 6) is 0.160. The molecule has 2 heterocycles. The number of hydrogen-bond acceptors (Lipinski definition) is 6. The molecule has 0 aliphatic heterocycles. The largest absolute Gasteiger partial charge is 0.384 e. The lowest BCUT2D eigenvalue weighted by Gasteiger charge is -2.05. The van der Waals surface area contributed by atoms with E-state index in [1.54, 1.807) is 0 Å². The van der Waals surface area contributed by atoms with Crippen LogP contribution in [0.25, 0.3) is 0 Å². The fourth-order valence-electron chi connectivity index (χ4n) is 1.57. The number of nitrogens with zero attached hydrogens (tertiary/aromatic N) is 2. The number of pyridine rings is 1. The third-order valence-corrected chi connectivity index (χ3v) is 4.91. The highest BCUT2D eigenvalue weighted by atomic mass is 32.2. The van der Waals surface area contributed by atoms with Gasteiger partial charge in [-0.1, -0.05) is 6.92 Å². The molecule has 0 aliphatic rings. The second-order valence-corrected chi connectivity index (χ2v) is 6.78. The van der Waals surface area contributed by atoms with Crippen molar-refractivity contribution in [2.45, 2.75) is 25.2 Å². The first-order chi connectivity index (χ1) is 8.92. The summed E-state index contributed by atoms with van der Waals surface area (Å²) < 4.78 is 26.7. The molecule has 2 aromatic heterocycles. The summed E-state index contributed by atoms with van der Waals surface area (Å²) in [5.41, 5.74) is 6.38. The van der Waals surface area contributed by atoms with Gasteiger partial charge in [0, 0.05) is 17.1 Å². The molecule has 0 radical (unpaired) electrons. The van der Waals surface area contributed by atoms with E-state index in [4.69, 9.17) is 5.73 Å². The van der Waals surface area contributed by atoms with E-state index in [1.807, 2.05) is 13.8 Å². The number of sulfonamides is 1. The Morgan fingerprint density at radius 2 is 2.21 bits per heavy atom. The van der Waals surface area contributed by atoms with Crippen LogP contribution >= 0.6 is 11.3 Å². The minimum atomic E-state index is -3.67. The van der Waals surface area contributed by atoms with Crippen LogP contribution in [0.4, 0.5) is 10.9 Å². The molecule has 0 fully saturated rings. The highest BCUT2D eigenvalue weighted by molar-refractivity contribution is 7.93. The quantitative estimate of drug-likeness (QED) is 0.896. The highest BCUT2D eigenvalue weighted by Crippen LogP contribution is 2.25. The van der Waals surface area contributed by atoms with E-state index in [9.17, 15) is 8.42 Å². The van der Waals surface area contributed by atoms with Crippen LogP contribution in [0.1, 0.15) is 17.5 Å². The maximum atomic E-state index is 12.1. The molecule has 0 saturated carbocycles. The van der Waals surface area contributed by atoms with Crippen LogP contribution in [0.2, 0.25) is 0 Å². The van der Waals surface area contributed by atoms with E-state index in [-0.39, 0.29) is 10.7 Å². The molecule has 0 unspecified atom stereocenters. The average Bonchev–Trinajstić information content (AvgIpc) is 2.68. The molecule has 0 bridgehead atoms. The molecule has 8 heteroatoms. The maximum absolute atomic E-state index is 12.1. The van der Waals surface area contributed by atoms with E-state index in [2.05, 4.69) is 14.7 Å². The van der Waals surface area contributed by atoms with Crippen LogP contribution in [0.15, 0.2) is 23.2 Å². The minimum absolute atomic E-state index is 0.0749. The fourth-order valence-corrected chi connectivity index (χ4v) is 3.73. The highest BCUT2D eigenvalue weighted by Gasteiger charge is 2.17. The average molecular weight is 298 g/mol. The standard InChI is InChI=1S/C11H14N4O2S2/c1-3-9-7(2)18-11(14-9)15-19(16,17)8-4-5-13-10(12)6-8/h4-6H,3H2,1-2H3,(H2,12,13)(H,14,15). The molecule has 0 spiro atoms. The van der Waals surface area contributed by atoms with E-state index in [1.165, 1.54) is 29.7 Å². The zero-order chi connectivity index (χ0) is 14.0. The molecule has 6 nitrogen and oxygen atoms in total. The fraction of sp³-hybridized carbons (Fsp3) is 0.273. The molecule has 2 rings (SSSR count). The van der Waals surface area contributed by atoms with Crippen molar-refractivity contribution in [3.8, 4) is 0 Å². The molecule has 0 atom stereocenters. The molecule has 0 amide bonds. The van der Waals surface area contributed by atoms with E-state index in [0.29, 0.717) is 5.13 Å². The van der Waals surface area contributed by atoms with Gasteiger partial charge in [0.05, 0.1) is 10.6 Å². The van der Waals surface area contributed by atoms with Crippen LogP contribution in [-0.2, 0) is 16.4 Å². The van der Waals surface area contributed by atoms with Gasteiger partial charge in [0.15, 0.2) is 5.13 Å². The van der Waals surface area contributed by atoms with Gasteiger partial charge >= 0.3 is 0 Å². The molecular formula is C11H14N4O2S2. The summed E-state index contributed by atoms with van der Waals surface area (Å²) in [6, 6.07) is 2.70. The third kappa shape index (κ3) is 3.02. The molecule has 0 saturated heterocycles. The van der Waals surface area contributed by atoms with Crippen molar-refractivity contribution in [1.82, 2.24) is 9.97 Å². The Labute approximate surface area is 115 Å². The smallest absolute Gasteiger partial charge is 0.263 e. The summed E-state index contributed by atoms with van der Waals surface area (Å²) in [6.45, 7) is 3.89.